The van der Waals surface area contributed by atoms with Crippen LogP contribution in [0.3, 0.4) is 0 Å². The van der Waals surface area contributed by atoms with Crippen molar-refractivity contribution in [2.45, 2.75) is 20.0 Å². The Morgan fingerprint density at radius 1 is 1.39 bits per heavy atom. The van der Waals surface area contributed by atoms with Gasteiger partial charge in [0.25, 0.3) is 5.69 Å². The Balaban J connectivity index is 2.38. The van der Waals surface area contributed by atoms with Crippen LogP contribution < -0.4 is 0 Å². The van der Waals surface area contributed by atoms with Crippen LogP contribution in [0, 0.1) is 10.1 Å². The fourth-order valence-corrected chi connectivity index (χ4v) is 1.52. The summed E-state index contributed by atoms with van der Waals surface area (Å²) in [6.45, 7) is 3.46. The minimum atomic E-state index is -0.580. The first kappa shape index (κ1) is 12.1. The van der Waals surface area contributed by atoms with Crippen LogP contribution in [0.2, 0.25) is 0 Å². The van der Waals surface area contributed by atoms with E-state index in [2.05, 4.69) is 0 Å². The van der Waals surface area contributed by atoms with E-state index in [1.54, 1.807) is 13.8 Å². The average Bonchev–Trinajstić information content (AvgIpc) is 2.70. The van der Waals surface area contributed by atoms with Crippen LogP contribution in [-0.4, -0.2) is 17.0 Å². The van der Waals surface area contributed by atoms with Gasteiger partial charge in [0, 0.05) is 17.5 Å². The standard InChI is InChI=1S/C12H11NO5/c1-7(2)17-12(14)11-6-8-5-9(13(15)16)3-4-10(8)18-11/h3-7H,1-2H3. The Labute approximate surface area is 102 Å². The van der Waals surface area contributed by atoms with Gasteiger partial charge in [-0.15, -0.1) is 0 Å². The molecule has 2 aromatic rings. The minimum absolute atomic E-state index is 0.0409. The van der Waals surface area contributed by atoms with E-state index in [-0.39, 0.29) is 17.6 Å². The maximum Gasteiger partial charge on any atom is 0.374 e. The van der Waals surface area contributed by atoms with Crippen LogP contribution in [-0.2, 0) is 4.74 Å². The summed E-state index contributed by atoms with van der Waals surface area (Å²) in [5.74, 6) is -0.539. The smallest absolute Gasteiger partial charge is 0.374 e. The van der Waals surface area contributed by atoms with Gasteiger partial charge in [0.15, 0.2) is 0 Å². The van der Waals surface area contributed by atoms with Crippen molar-refractivity contribution < 1.29 is 18.9 Å². The maximum atomic E-state index is 11.6. The number of fused-ring (bicyclic) bond motifs is 1. The molecule has 0 radical (unpaired) electrons. The van der Waals surface area contributed by atoms with Crippen molar-refractivity contribution in [2.24, 2.45) is 0 Å². The predicted octanol–water partition coefficient (Wildman–Crippen LogP) is 2.91. The normalized spacial score (nSPS) is 10.8. The number of hydrogen-bond acceptors (Lipinski definition) is 5. The first-order valence-electron chi connectivity index (χ1n) is 5.36. The fourth-order valence-electron chi connectivity index (χ4n) is 1.52. The largest absolute Gasteiger partial charge is 0.457 e. The third-order valence-electron chi connectivity index (χ3n) is 2.25. The van der Waals surface area contributed by atoms with Crippen molar-refractivity contribution in [3.8, 4) is 0 Å². The number of furan rings is 1. The summed E-state index contributed by atoms with van der Waals surface area (Å²) in [6, 6.07) is 5.57. The summed E-state index contributed by atoms with van der Waals surface area (Å²) in [7, 11) is 0. The second kappa shape index (κ2) is 4.48. The van der Waals surface area contributed by atoms with E-state index in [1.807, 2.05) is 0 Å². The van der Waals surface area contributed by atoms with Crippen molar-refractivity contribution in [2.75, 3.05) is 0 Å². The lowest BCUT2D eigenvalue weighted by molar-refractivity contribution is -0.384. The third kappa shape index (κ3) is 2.32. The number of ether oxygens (including phenoxy) is 1. The molecule has 0 unspecified atom stereocenters. The number of nitrogens with zero attached hydrogens (tertiary/aromatic N) is 1. The summed E-state index contributed by atoms with van der Waals surface area (Å²) in [4.78, 5) is 21.7. The molecular weight excluding hydrogens is 238 g/mol. The molecule has 0 aliphatic heterocycles. The molecule has 94 valence electrons. The molecule has 1 heterocycles. The highest BCUT2D eigenvalue weighted by atomic mass is 16.6. The molecule has 1 aromatic carbocycles. The molecule has 0 fully saturated rings. The lowest BCUT2D eigenvalue weighted by Gasteiger charge is -2.04. The number of nitro groups is 1. The Morgan fingerprint density at radius 2 is 2.11 bits per heavy atom. The van der Waals surface area contributed by atoms with Gasteiger partial charge < -0.3 is 9.15 Å². The van der Waals surface area contributed by atoms with Gasteiger partial charge in [-0.1, -0.05) is 0 Å². The van der Waals surface area contributed by atoms with E-state index in [0.717, 1.165) is 0 Å². The Bertz CT molecular complexity index is 614. The average molecular weight is 249 g/mol. The molecule has 0 amide bonds. The van der Waals surface area contributed by atoms with Gasteiger partial charge >= 0.3 is 5.97 Å². The lowest BCUT2D eigenvalue weighted by Crippen LogP contribution is -2.10. The number of hydrogen-bond donors (Lipinski definition) is 0. The van der Waals surface area contributed by atoms with Crippen molar-refractivity contribution in [1.29, 1.82) is 0 Å². The number of nitro benzene ring substituents is 1. The number of benzene rings is 1. The summed E-state index contributed by atoms with van der Waals surface area (Å²) >= 11 is 0. The second-order valence-electron chi connectivity index (χ2n) is 4.04. The molecule has 18 heavy (non-hydrogen) atoms. The predicted molar refractivity (Wildman–Crippen MR) is 63.4 cm³/mol. The van der Waals surface area contributed by atoms with Gasteiger partial charge in [-0.05, 0) is 26.0 Å². The van der Waals surface area contributed by atoms with E-state index in [0.29, 0.717) is 11.0 Å². The van der Waals surface area contributed by atoms with Gasteiger partial charge in [-0.2, -0.15) is 0 Å². The van der Waals surface area contributed by atoms with Crippen LogP contribution in [0.1, 0.15) is 24.4 Å². The van der Waals surface area contributed by atoms with E-state index in [9.17, 15) is 14.9 Å². The number of carbonyl (C=O) groups excluding carboxylic acids is 1. The van der Waals surface area contributed by atoms with Gasteiger partial charge in [-0.25, -0.2) is 4.79 Å². The monoisotopic (exact) mass is 249 g/mol. The molecule has 0 atom stereocenters. The summed E-state index contributed by atoms with van der Waals surface area (Å²) in [5.41, 5.74) is 0.364. The molecule has 1 aromatic heterocycles. The molecule has 2 rings (SSSR count). The van der Waals surface area contributed by atoms with Gasteiger partial charge in [0.1, 0.15) is 5.58 Å². The fraction of sp³-hybridized carbons (Fsp3) is 0.250. The summed E-state index contributed by atoms with van der Waals surface area (Å²) < 4.78 is 10.2. The zero-order valence-electron chi connectivity index (χ0n) is 9.88. The molecule has 0 aliphatic rings. The van der Waals surface area contributed by atoms with Crippen LogP contribution >= 0.6 is 0 Å². The maximum absolute atomic E-state index is 11.6. The quantitative estimate of drug-likeness (QED) is 0.474. The van der Waals surface area contributed by atoms with Crippen LogP contribution in [0.15, 0.2) is 28.7 Å². The molecule has 0 aliphatic carbocycles. The van der Waals surface area contributed by atoms with Crippen molar-refractivity contribution in [1.82, 2.24) is 0 Å². The minimum Gasteiger partial charge on any atom is -0.457 e. The molecule has 0 spiro atoms. The molecule has 6 heteroatoms. The van der Waals surface area contributed by atoms with E-state index in [1.165, 1.54) is 24.3 Å². The first-order valence-corrected chi connectivity index (χ1v) is 5.36. The van der Waals surface area contributed by atoms with Crippen LogP contribution in [0.4, 0.5) is 5.69 Å². The van der Waals surface area contributed by atoms with E-state index >= 15 is 0 Å². The van der Waals surface area contributed by atoms with E-state index in [4.69, 9.17) is 9.15 Å². The zero-order valence-corrected chi connectivity index (χ0v) is 9.88. The van der Waals surface area contributed by atoms with Gasteiger partial charge in [0.2, 0.25) is 5.76 Å². The summed E-state index contributed by atoms with van der Waals surface area (Å²) in [6.07, 6.45) is -0.250. The highest BCUT2D eigenvalue weighted by Gasteiger charge is 2.16. The van der Waals surface area contributed by atoms with Crippen LogP contribution in [0.25, 0.3) is 11.0 Å². The highest BCUT2D eigenvalue weighted by molar-refractivity contribution is 5.93. The lowest BCUT2D eigenvalue weighted by atomic mass is 10.2. The molecule has 0 N–H and O–H groups in total. The molecule has 0 saturated heterocycles. The number of esters is 1. The van der Waals surface area contributed by atoms with E-state index < -0.39 is 10.9 Å². The number of non-ortho nitro benzene ring substituents is 1. The Hall–Kier alpha value is -2.37. The Morgan fingerprint density at radius 3 is 2.72 bits per heavy atom. The van der Waals surface area contributed by atoms with Crippen LogP contribution in [0.5, 0.6) is 0 Å². The van der Waals surface area contributed by atoms with Crippen molar-refractivity contribution in [3.05, 3.63) is 40.1 Å². The highest BCUT2D eigenvalue weighted by Crippen LogP contribution is 2.24. The second-order valence-corrected chi connectivity index (χ2v) is 4.04. The number of rotatable bonds is 3. The molecular formula is C12H11NO5. The SMILES string of the molecule is CC(C)OC(=O)c1cc2cc([N+](=O)[O-])ccc2o1. The topological polar surface area (TPSA) is 82.6 Å². The molecule has 0 bridgehead atoms. The number of carbonyl (C=O) groups is 1. The van der Waals surface area contributed by atoms with Crippen molar-refractivity contribution in [3.63, 3.8) is 0 Å². The molecule has 6 nitrogen and oxygen atoms in total. The van der Waals surface area contributed by atoms with Crippen molar-refractivity contribution >= 4 is 22.6 Å². The molecule has 0 saturated carbocycles. The Kier molecular flexibility index (Phi) is 3.01. The zero-order chi connectivity index (χ0) is 13.3. The van der Waals surface area contributed by atoms with Gasteiger partial charge in [-0.3, -0.25) is 10.1 Å². The van der Waals surface area contributed by atoms with Gasteiger partial charge in [0.05, 0.1) is 11.0 Å². The first-order chi connectivity index (χ1) is 8.47. The summed E-state index contributed by atoms with van der Waals surface area (Å²) in [5, 5.41) is 11.1. The third-order valence-corrected chi connectivity index (χ3v) is 2.25.